The van der Waals surface area contributed by atoms with E-state index in [9.17, 15) is 4.79 Å². The van der Waals surface area contributed by atoms with Crippen molar-refractivity contribution >= 4 is 40.8 Å². The number of anilines is 1. The Hall–Kier alpha value is -3.74. The first-order valence-electron chi connectivity index (χ1n) is 11.5. The number of urea groups is 1. The van der Waals surface area contributed by atoms with Gasteiger partial charge in [0.15, 0.2) is 0 Å². The lowest BCUT2D eigenvalue weighted by Gasteiger charge is -2.17. The lowest BCUT2D eigenvalue weighted by Crippen LogP contribution is -2.30. The first-order valence-corrected chi connectivity index (χ1v) is 12.7. The Kier molecular flexibility index (Phi) is 7.26. The standard InChI is InChI=1S/C29H24ClN3O2S/c1-35-26-18-23(16-17-27(26)36-24-10-6-3-7-11-24)31-29(34)33-19-25(20-8-4-2-5-9-20)28(32-33)21-12-14-22(30)15-13-21/h2-18,25H,19H2,1H3,(H,31,34)/t25-/m1/s1. The molecule has 36 heavy (non-hydrogen) atoms. The number of hydrogen-bond donors (Lipinski definition) is 1. The highest BCUT2D eigenvalue weighted by Gasteiger charge is 2.32. The molecule has 1 atom stereocenters. The fourth-order valence-electron chi connectivity index (χ4n) is 4.09. The number of carbonyl (C=O) groups excluding carboxylic acids is 1. The summed E-state index contributed by atoms with van der Waals surface area (Å²) in [6.07, 6.45) is 0. The number of amides is 2. The van der Waals surface area contributed by atoms with Crippen LogP contribution in [0.25, 0.3) is 0 Å². The maximum Gasteiger partial charge on any atom is 0.342 e. The Morgan fingerprint density at radius 3 is 2.36 bits per heavy atom. The number of carbonyl (C=O) groups is 1. The minimum absolute atomic E-state index is 0.0442. The number of hydrogen-bond acceptors (Lipinski definition) is 4. The van der Waals surface area contributed by atoms with E-state index < -0.39 is 0 Å². The van der Waals surface area contributed by atoms with Gasteiger partial charge in [0.2, 0.25) is 0 Å². The highest BCUT2D eigenvalue weighted by Crippen LogP contribution is 2.37. The van der Waals surface area contributed by atoms with Crippen molar-refractivity contribution < 1.29 is 9.53 Å². The number of benzene rings is 4. The van der Waals surface area contributed by atoms with E-state index in [0.717, 1.165) is 26.6 Å². The number of nitrogens with one attached hydrogen (secondary N) is 1. The van der Waals surface area contributed by atoms with Crippen molar-refractivity contribution in [2.75, 3.05) is 19.0 Å². The molecule has 5 nitrogen and oxygen atoms in total. The molecule has 0 aromatic heterocycles. The Balaban J connectivity index is 1.36. The molecular weight excluding hydrogens is 490 g/mol. The summed E-state index contributed by atoms with van der Waals surface area (Å²) >= 11 is 7.71. The van der Waals surface area contributed by atoms with Crippen LogP contribution in [0.3, 0.4) is 0 Å². The first-order chi connectivity index (χ1) is 17.6. The van der Waals surface area contributed by atoms with E-state index in [1.165, 1.54) is 5.01 Å². The third-order valence-corrected chi connectivity index (χ3v) is 7.19. The van der Waals surface area contributed by atoms with Crippen molar-refractivity contribution in [3.8, 4) is 5.75 Å². The van der Waals surface area contributed by atoms with E-state index in [-0.39, 0.29) is 11.9 Å². The molecule has 1 N–H and O–H groups in total. The van der Waals surface area contributed by atoms with Crippen LogP contribution in [0, 0.1) is 0 Å². The van der Waals surface area contributed by atoms with Crippen molar-refractivity contribution in [1.29, 1.82) is 0 Å². The zero-order valence-corrected chi connectivity index (χ0v) is 21.2. The maximum absolute atomic E-state index is 13.2. The lowest BCUT2D eigenvalue weighted by atomic mass is 9.91. The van der Waals surface area contributed by atoms with Gasteiger partial charge in [-0.1, -0.05) is 84.0 Å². The predicted molar refractivity (Wildman–Crippen MR) is 146 cm³/mol. The molecule has 0 fully saturated rings. The summed E-state index contributed by atoms with van der Waals surface area (Å²) in [5, 5.41) is 9.83. The Morgan fingerprint density at radius 2 is 1.67 bits per heavy atom. The van der Waals surface area contributed by atoms with Crippen LogP contribution >= 0.6 is 23.4 Å². The number of ether oxygens (including phenoxy) is 1. The average Bonchev–Trinajstić information content (AvgIpc) is 3.37. The number of rotatable bonds is 6. The van der Waals surface area contributed by atoms with Gasteiger partial charge in [-0.15, -0.1) is 0 Å². The van der Waals surface area contributed by atoms with E-state index >= 15 is 0 Å². The number of methoxy groups -OCH3 is 1. The Bertz CT molecular complexity index is 1380. The highest BCUT2D eigenvalue weighted by molar-refractivity contribution is 7.99. The summed E-state index contributed by atoms with van der Waals surface area (Å²) in [6, 6.07) is 33.1. The van der Waals surface area contributed by atoms with Crippen molar-refractivity contribution in [1.82, 2.24) is 5.01 Å². The van der Waals surface area contributed by atoms with Gasteiger partial charge in [0.25, 0.3) is 0 Å². The van der Waals surface area contributed by atoms with Gasteiger partial charge in [-0.05, 0) is 47.5 Å². The SMILES string of the molecule is COc1cc(NC(=O)N2C[C@H](c3ccccc3)C(c3ccc(Cl)cc3)=N2)ccc1Sc1ccccc1. The molecule has 0 unspecified atom stereocenters. The van der Waals surface area contributed by atoms with E-state index in [1.807, 2.05) is 91.0 Å². The summed E-state index contributed by atoms with van der Waals surface area (Å²) in [4.78, 5) is 15.3. The summed E-state index contributed by atoms with van der Waals surface area (Å²) in [5.74, 6) is 0.646. The predicted octanol–water partition coefficient (Wildman–Crippen LogP) is 7.54. The minimum Gasteiger partial charge on any atom is -0.495 e. The second-order valence-corrected chi connectivity index (χ2v) is 9.80. The smallest absolute Gasteiger partial charge is 0.342 e. The van der Waals surface area contributed by atoms with Crippen LogP contribution in [0.4, 0.5) is 10.5 Å². The van der Waals surface area contributed by atoms with Gasteiger partial charge in [0.05, 0.1) is 24.3 Å². The Labute approximate surface area is 219 Å². The van der Waals surface area contributed by atoms with Gasteiger partial charge in [-0.2, -0.15) is 5.10 Å². The summed E-state index contributed by atoms with van der Waals surface area (Å²) in [7, 11) is 1.63. The van der Waals surface area contributed by atoms with Gasteiger partial charge in [-0.25, -0.2) is 9.80 Å². The third kappa shape index (κ3) is 5.40. The lowest BCUT2D eigenvalue weighted by molar-refractivity contribution is 0.218. The molecule has 7 heteroatoms. The molecule has 0 radical (unpaired) electrons. The van der Waals surface area contributed by atoms with Crippen molar-refractivity contribution in [2.24, 2.45) is 5.10 Å². The molecule has 180 valence electrons. The quantitative estimate of drug-likeness (QED) is 0.290. The summed E-state index contributed by atoms with van der Waals surface area (Å²) < 4.78 is 5.60. The van der Waals surface area contributed by atoms with Crippen molar-refractivity contribution in [3.05, 3.63) is 119 Å². The van der Waals surface area contributed by atoms with Crippen LogP contribution in [0.5, 0.6) is 5.75 Å². The summed E-state index contributed by atoms with van der Waals surface area (Å²) in [5.41, 5.74) is 3.51. The van der Waals surface area contributed by atoms with Crippen LogP contribution in [-0.2, 0) is 0 Å². The molecule has 0 saturated heterocycles. The molecule has 1 aliphatic rings. The maximum atomic E-state index is 13.2. The average molecular weight is 514 g/mol. The van der Waals surface area contributed by atoms with Crippen molar-refractivity contribution in [3.63, 3.8) is 0 Å². The molecule has 4 aromatic carbocycles. The normalized spacial score (nSPS) is 14.9. The molecule has 0 spiro atoms. The zero-order chi connectivity index (χ0) is 24.9. The molecule has 2 amide bonds. The molecule has 0 bridgehead atoms. The van der Waals surface area contributed by atoms with Crippen LogP contribution in [0.15, 0.2) is 118 Å². The van der Waals surface area contributed by atoms with Crippen molar-refractivity contribution in [2.45, 2.75) is 15.7 Å². The topological polar surface area (TPSA) is 53.9 Å². The van der Waals surface area contributed by atoms with Gasteiger partial charge >= 0.3 is 6.03 Å². The molecule has 1 aliphatic heterocycles. The largest absolute Gasteiger partial charge is 0.495 e. The number of hydrazone groups is 1. The molecule has 0 aliphatic carbocycles. The molecule has 5 rings (SSSR count). The second-order valence-electron chi connectivity index (χ2n) is 8.25. The third-order valence-electron chi connectivity index (χ3n) is 5.88. The van der Waals surface area contributed by atoms with E-state index in [1.54, 1.807) is 18.9 Å². The summed E-state index contributed by atoms with van der Waals surface area (Å²) in [6.45, 7) is 0.437. The Morgan fingerprint density at radius 1 is 0.972 bits per heavy atom. The van der Waals surface area contributed by atoms with Gasteiger partial charge in [-0.3, -0.25) is 0 Å². The van der Waals surface area contributed by atoms with E-state index in [4.69, 9.17) is 21.4 Å². The monoisotopic (exact) mass is 513 g/mol. The van der Waals surface area contributed by atoms with Crippen LogP contribution in [0.1, 0.15) is 17.0 Å². The van der Waals surface area contributed by atoms with Crippen LogP contribution in [0.2, 0.25) is 5.02 Å². The number of halogens is 1. The fraction of sp³-hybridized carbons (Fsp3) is 0.103. The van der Waals surface area contributed by atoms with E-state index in [2.05, 4.69) is 17.4 Å². The molecule has 0 saturated carbocycles. The van der Waals surface area contributed by atoms with Crippen LogP contribution in [-0.4, -0.2) is 30.4 Å². The van der Waals surface area contributed by atoms with Gasteiger partial charge < -0.3 is 10.1 Å². The van der Waals surface area contributed by atoms with E-state index in [0.29, 0.717) is 23.0 Å². The minimum atomic E-state index is -0.301. The second kappa shape index (κ2) is 10.9. The highest BCUT2D eigenvalue weighted by atomic mass is 35.5. The van der Waals surface area contributed by atoms with Crippen LogP contribution < -0.4 is 10.1 Å². The molecule has 1 heterocycles. The molecular formula is C29H24ClN3O2S. The number of nitrogens with zero attached hydrogens (tertiary/aromatic N) is 2. The fourth-order valence-corrected chi connectivity index (χ4v) is 5.14. The van der Waals surface area contributed by atoms with Gasteiger partial charge in [0.1, 0.15) is 5.75 Å². The van der Waals surface area contributed by atoms with Gasteiger partial charge in [0, 0.05) is 27.6 Å². The zero-order valence-electron chi connectivity index (χ0n) is 19.6. The first kappa shape index (κ1) is 24.0. The molecule has 4 aromatic rings.